The molecule has 0 saturated carbocycles. The summed E-state index contributed by atoms with van der Waals surface area (Å²) in [5.41, 5.74) is 1.22. The van der Waals surface area contributed by atoms with Gasteiger partial charge in [0.05, 0.1) is 12.0 Å². The Hall–Kier alpha value is -0.613. The molecule has 0 unspecified atom stereocenters. The maximum Gasteiger partial charge on any atom is 0.191 e. The van der Waals surface area contributed by atoms with Gasteiger partial charge in [0.1, 0.15) is 0 Å². The molecule has 1 aromatic heterocycles. The molecule has 0 amide bonds. The van der Waals surface area contributed by atoms with Gasteiger partial charge in [-0.2, -0.15) is 0 Å². The van der Waals surface area contributed by atoms with Crippen molar-refractivity contribution in [1.82, 2.24) is 9.55 Å². The monoisotopic (exact) mass is 282 g/mol. The van der Waals surface area contributed by atoms with E-state index in [1.165, 1.54) is 0 Å². The molecule has 0 spiro atoms. The molecule has 0 saturated heterocycles. The summed E-state index contributed by atoms with van der Waals surface area (Å²) in [5, 5.41) is 0.280. The predicted molar refractivity (Wildman–Crippen MR) is 84.0 cm³/mol. The van der Waals surface area contributed by atoms with E-state index in [0.717, 1.165) is 18.7 Å². The first-order chi connectivity index (χ1) is 8.46. The molecule has 0 fully saturated rings. The topological polar surface area (TPSA) is 27.1 Å². The average molecular weight is 283 g/mol. The number of imidazole rings is 1. The van der Waals surface area contributed by atoms with Crippen molar-refractivity contribution in [3.63, 3.8) is 0 Å². The van der Waals surface area contributed by atoms with Crippen molar-refractivity contribution >= 4 is 8.32 Å². The van der Waals surface area contributed by atoms with E-state index >= 15 is 0 Å². The maximum atomic E-state index is 6.26. The van der Waals surface area contributed by atoms with E-state index < -0.39 is 8.32 Å². The van der Waals surface area contributed by atoms with Crippen molar-refractivity contribution < 1.29 is 4.43 Å². The number of aromatic nitrogens is 2. The van der Waals surface area contributed by atoms with Gasteiger partial charge >= 0.3 is 0 Å². The van der Waals surface area contributed by atoms with Gasteiger partial charge < -0.3 is 8.99 Å². The zero-order valence-electron chi connectivity index (χ0n) is 13.9. The fourth-order valence-corrected chi connectivity index (χ4v) is 2.71. The van der Waals surface area contributed by atoms with Gasteiger partial charge in [0.25, 0.3) is 0 Å². The van der Waals surface area contributed by atoms with Gasteiger partial charge in [-0.3, -0.25) is 0 Å². The first kappa shape index (κ1) is 16.4. The van der Waals surface area contributed by atoms with Crippen LogP contribution in [0.2, 0.25) is 18.1 Å². The lowest BCUT2D eigenvalue weighted by Crippen LogP contribution is -2.41. The minimum atomic E-state index is -1.63. The number of hydrogen-bond acceptors (Lipinski definition) is 2. The van der Waals surface area contributed by atoms with E-state index in [1.54, 1.807) is 0 Å². The van der Waals surface area contributed by atoms with Crippen molar-refractivity contribution in [2.24, 2.45) is 7.05 Å². The van der Waals surface area contributed by atoms with E-state index in [4.69, 9.17) is 4.43 Å². The van der Waals surface area contributed by atoms with Crippen LogP contribution in [-0.4, -0.2) is 24.5 Å². The molecular formula is C15H30N2OSi. The van der Waals surface area contributed by atoms with Crippen molar-refractivity contribution in [3.05, 3.63) is 18.2 Å². The highest BCUT2D eigenvalue weighted by molar-refractivity contribution is 6.74. The molecule has 1 heterocycles. The third-order valence-corrected chi connectivity index (χ3v) is 8.93. The summed E-state index contributed by atoms with van der Waals surface area (Å²) in [6.07, 6.45) is 4.98. The van der Waals surface area contributed by atoms with Crippen LogP contribution in [0.4, 0.5) is 0 Å². The highest BCUT2D eigenvalue weighted by Crippen LogP contribution is 2.37. The fraction of sp³-hybridized carbons (Fsp3) is 0.800. The Bertz CT molecular complexity index is 416. The zero-order valence-corrected chi connectivity index (χ0v) is 14.9. The van der Waals surface area contributed by atoms with Crippen LogP contribution in [0, 0.1) is 0 Å². The average Bonchev–Trinajstić information content (AvgIpc) is 2.63. The minimum Gasteiger partial charge on any atom is -0.417 e. The second kappa shape index (κ2) is 5.41. The Morgan fingerprint density at radius 2 is 1.79 bits per heavy atom. The molecule has 110 valence electrons. The third-order valence-electron chi connectivity index (χ3n) is 4.39. The zero-order chi connectivity index (χ0) is 14.9. The number of rotatable bonds is 5. The number of aryl methyl sites for hydroxylation is 1. The summed E-state index contributed by atoms with van der Waals surface area (Å²) < 4.78 is 8.27. The van der Waals surface area contributed by atoms with Gasteiger partial charge in [0.2, 0.25) is 0 Å². The molecule has 0 radical (unpaired) electrons. The van der Waals surface area contributed by atoms with Gasteiger partial charge in [-0.1, -0.05) is 34.6 Å². The van der Waals surface area contributed by atoms with Gasteiger partial charge in [0.15, 0.2) is 8.32 Å². The normalized spacial score (nSPS) is 13.9. The standard InChI is InChI=1S/C15H30N2OSi/c1-14(2,3)19(7,8)18-10-9-15(4,5)13-11-17(6)12-16-13/h11-12H,9-10H2,1-8H3. The Morgan fingerprint density at radius 1 is 1.21 bits per heavy atom. The van der Waals surface area contributed by atoms with E-state index in [0.29, 0.717) is 0 Å². The summed E-state index contributed by atoms with van der Waals surface area (Å²) in [6, 6.07) is 0. The largest absolute Gasteiger partial charge is 0.417 e. The smallest absolute Gasteiger partial charge is 0.191 e. The summed E-state index contributed by atoms with van der Waals surface area (Å²) in [6.45, 7) is 16.8. The van der Waals surface area contributed by atoms with Crippen LogP contribution in [-0.2, 0) is 16.9 Å². The molecule has 0 aliphatic heterocycles. The second-order valence-electron chi connectivity index (χ2n) is 7.67. The minimum absolute atomic E-state index is 0.0730. The third kappa shape index (κ3) is 4.18. The molecule has 0 aromatic carbocycles. The Labute approximate surface area is 119 Å². The van der Waals surface area contributed by atoms with Crippen LogP contribution in [0.25, 0.3) is 0 Å². The lowest BCUT2D eigenvalue weighted by Gasteiger charge is -2.37. The van der Waals surface area contributed by atoms with Crippen molar-refractivity contribution in [2.45, 2.75) is 64.6 Å². The van der Waals surface area contributed by atoms with Crippen molar-refractivity contribution in [3.8, 4) is 0 Å². The van der Waals surface area contributed by atoms with Gasteiger partial charge in [-0.15, -0.1) is 0 Å². The van der Waals surface area contributed by atoms with Gasteiger partial charge in [-0.25, -0.2) is 4.98 Å². The van der Waals surface area contributed by atoms with Crippen molar-refractivity contribution in [1.29, 1.82) is 0 Å². The highest BCUT2D eigenvalue weighted by atomic mass is 28.4. The van der Waals surface area contributed by atoms with Crippen LogP contribution >= 0.6 is 0 Å². The van der Waals surface area contributed by atoms with E-state index in [1.807, 2.05) is 17.9 Å². The van der Waals surface area contributed by atoms with Crippen LogP contribution in [0.5, 0.6) is 0 Å². The molecule has 0 aliphatic rings. The maximum absolute atomic E-state index is 6.26. The molecule has 0 aliphatic carbocycles. The summed E-state index contributed by atoms with van der Waals surface area (Å²) in [7, 11) is 0.387. The molecule has 3 nitrogen and oxygen atoms in total. The molecule has 4 heteroatoms. The van der Waals surface area contributed by atoms with Crippen LogP contribution in [0.3, 0.4) is 0 Å². The van der Waals surface area contributed by atoms with E-state index in [2.05, 4.69) is 58.9 Å². The van der Waals surface area contributed by atoms with E-state index in [-0.39, 0.29) is 10.5 Å². The molecule has 19 heavy (non-hydrogen) atoms. The van der Waals surface area contributed by atoms with Crippen LogP contribution < -0.4 is 0 Å². The molecule has 1 rings (SSSR count). The quantitative estimate of drug-likeness (QED) is 0.760. The number of nitrogens with zero attached hydrogens (tertiary/aromatic N) is 2. The first-order valence-corrected chi connectivity index (χ1v) is 9.99. The molecule has 0 N–H and O–H groups in total. The second-order valence-corrected chi connectivity index (χ2v) is 12.5. The fourth-order valence-electron chi connectivity index (χ4n) is 1.67. The SMILES string of the molecule is Cn1cnc(C(C)(C)CCO[Si](C)(C)C(C)(C)C)c1. The van der Waals surface area contributed by atoms with Crippen molar-refractivity contribution in [2.75, 3.05) is 6.61 Å². The number of hydrogen-bond donors (Lipinski definition) is 0. The summed E-state index contributed by atoms with van der Waals surface area (Å²) in [5.74, 6) is 0. The van der Waals surface area contributed by atoms with Gasteiger partial charge in [-0.05, 0) is 24.6 Å². The first-order valence-electron chi connectivity index (χ1n) is 7.08. The molecular weight excluding hydrogens is 252 g/mol. The summed E-state index contributed by atoms with van der Waals surface area (Å²) >= 11 is 0. The van der Waals surface area contributed by atoms with Gasteiger partial charge in [0, 0.05) is 25.3 Å². The Balaban J connectivity index is 2.58. The molecule has 0 atom stereocenters. The van der Waals surface area contributed by atoms with Crippen LogP contribution in [0.15, 0.2) is 12.5 Å². The molecule has 0 bridgehead atoms. The van der Waals surface area contributed by atoms with Crippen LogP contribution in [0.1, 0.15) is 46.7 Å². The lowest BCUT2D eigenvalue weighted by molar-refractivity contribution is 0.249. The summed E-state index contributed by atoms with van der Waals surface area (Å²) in [4.78, 5) is 4.47. The lowest BCUT2D eigenvalue weighted by atomic mass is 9.86. The Kier molecular flexibility index (Phi) is 4.68. The highest BCUT2D eigenvalue weighted by Gasteiger charge is 2.37. The molecule has 1 aromatic rings. The van der Waals surface area contributed by atoms with E-state index in [9.17, 15) is 0 Å². The predicted octanol–water partition coefficient (Wildman–Crippen LogP) is 4.11. The Morgan fingerprint density at radius 3 is 2.21 bits per heavy atom.